The molecule has 0 aromatic heterocycles. The van der Waals surface area contributed by atoms with Crippen molar-refractivity contribution in [2.75, 3.05) is 39.3 Å². The zero-order valence-corrected chi connectivity index (χ0v) is 15.5. The van der Waals surface area contributed by atoms with E-state index in [2.05, 4.69) is 15.5 Å². The Labute approximate surface area is 157 Å². The van der Waals surface area contributed by atoms with Gasteiger partial charge in [0.1, 0.15) is 5.75 Å². The van der Waals surface area contributed by atoms with Gasteiger partial charge in [0.15, 0.2) is 6.10 Å². The quantitative estimate of drug-likeness (QED) is 0.696. The third-order valence-electron chi connectivity index (χ3n) is 4.03. The molecule has 1 heterocycles. The first-order chi connectivity index (χ1) is 11.9. The van der Waals surface area contributed by atoms with Crippen molar-refractivity contribution in [3.05, 3.63) is 29.8 Å². The average Bonchev–Trinajstić information content (AvgIpc) is 2.59. The number of hydrogen-bond donors (Lipinski definition) is 2. The van der Waals surface area contributed by atoms with Gasteiger partial charge in [-0.25, -0.2) is 0 Å². The van der Waals surface area contributed by atoms with Gasteiger partial charge < -0.3 is 20.3 Å². The molecule has 9 heteroatoms. The van der Waals surface area contributed by atoms with Crippen molar-refractivity contribution in [3.8, 4) is 5.75 Å². The number of nitrogens with one attached hydrogen (secondary N) is 2. The summed E-state index contributed by atoms with van der Waals surface area (Å²) in [5.74, 6) is -0.754. The predicted octanol–water partition coefficient (Wildman–Crippen LogP) is 2.31. The van der Waals surface area contributed by atoms with E-state index < -0.39 is 23.8 Å². The zero-order valence-electron chi connectivity index (χ0n) is 14.6. The molecule has 1 unspecified atom stereocenters. The molecule has 5 nitrogen and oxygen atoms in total. The van der Waals surface area contributed by atoms with Crippen LogP contribution in [0.4, 0.5) is 13.2 Å². The third-order valence-corrected chi connectivity index (χ3v) is 4.03. The van der Waals surface area contributed by atoms with Gasteiger partial charge in [-0.05, 0) is 32.0 Å². The molecule has 1 fully saturated rings. The van der Waals surface area contributed by atoms with E-state index in [4.69, 9.17) is 4.74 Å². The summed E-state index contributed by atoms with van der Waals surface area (Å²) in [4.78, 5) is 14.3. The Morgan fingerprint density at radius 3 is 2.62 bits per heavy atom. The standard InChI is InChI=1S/C17H24F3N3O2.ClH/c1-13(25-15-6-3-2-5-14(15)17(18,19)20)16(24)22-7-4-10-23-11-8-21-9-12-23;/h2-3,5-6,13,21H,4,7-12H2,1H3,(H,22,24);1H. The van der Waals surface area contributed by atoms with Crippen molar-refractivity contribution < 1.29 is 22.7 Å². The topological polar surface area (TPSA) is 53.6 Å². The first-order valence-corrected chi connectivity index (χ1v) is 8.41. The van der Waals surface area contributed by atoms with Crippen molar-refractivity contribution in [2.24, 2.45) is 0 Å². The maximum atomic E-state index is 12.9. The van der Waals surface area contributed by atoms with Gasteiger partial charge in [0, 0.05) is 32.7 Å². The molecule has 1 amide bonds. The Morgan fingerprint density at radius 2 is 1.96 bits per heavy atom. The maximum absolute atomic E-state index is 12.9. The van der Waals surface area contributed by atoms with E-state index in [1.165, 1.54) is 25.1 Å². The molecule has 0 aliphatic carbocycles. The summed E-state index contributed by atoms with van der Waals surface area (Å²) < 4.78 is 44.0. The normalized spacial score (nSPS) is 16.5. The van der Waals surface area contributed by atoms with E-state index in [0.717, 1.165) is 45.2 Å². The van der Waals surface area contributed by atoms with Crippen LogP contribution in [0.25, 0.3) is 0 Å². The fourth-order valence-corrected chi connectivity index (χ4v) is 2.64. The molecule has 0 radical (unpaired) electrons. The monoisotopic (exact) mass is 395 g/mol. The molecule has 0 saturated carbocycles. The largest absolute Gasteiger partial charge is 0.480 e. The lowest BCUT2D eigenvalue weighted by Crippen LogP contribution is -2.44. The highest BCUT2D eigenvalue weighted by atomic mass is 35.5. The fraction of sp³-hybridized carbons (Fsp3) is 0.588. The number of benzene rings is 1. The number of carbonyl (C=O) groups excluding carboxylic acids is 1. The second kappa shape index (κ2) is 10.6. The van der Waals surface area contributed by atoms with Gasteiger partial charge in [-0.15, -0.1) is 12.4 Å². The molecule has 2 N–H and O–H groups in total. The van der Waals surface area contributed by atoms with Gasteiger partial charge in [-0.2, -0.15) is 13.2 Å². The Kier molecular flexibility index (Phi) is 9.18. The first-order valence-electron chi connectivity index (χ1n) is 8.41. The van der Waals surface area contributed by atoms with E-state index in [9.17, 15) is 18.0 Å². The second-order valence-electron chi connectivity index (χ2n) is 5.99. The number of nitrogens with zero attached hydrogens (tertiary/aromatic N) is 1. The molecule has 0 spiro atoms. The number of piperazine rings is 1. The van der Waals surface area contributed by atoms with Gasteiger partial charge in [0.25, 0.3) is 5.91 Å². The van der Waals surface area contributed by atoms with Crippen LogP contribution in [0.15, 0.2) is 24.3 Å². The Bertz CT molecular complexity index is 566. The number of hydrogen-bond acceptors (Lipinski definition) is 4. The van der Waals surface area contributed by atoms with Crippen LogP contribution in [0.3, 0.4) is 0 Å². The molecule has 148 valence electrons. The maximum Gasteiger partial charge on any atom is 0.419 e. The fourth-order valence-electron chi connectivity index (χ4n) is 2.64. The number of rotatable bonds is 7. The number of ether oxygens (including phenoxy) is 1. The number of carbonyl (C=O) groups is 1. The Morgan fingerprint density at radius 1 is 1.31 bits per heavy atom. The van der Waals surface area contributed by atoms with Gasteiger partial charge in [-0.3, -0.25) is 4.79 Å². The number of amides is 1. The SMILES string of the molecule is CC(Oc1ccccc1C(F)(F)F)C(=O)NCCCN1CCNCC1.Cl. The van der Waals surface area contributed by atoms with Gasteiger partial charge in [0.05, 0.1) is 5.56 Å². The number of para-hydroxylation sites is 1. The van der Waals surface area contributed by atoms with Crippen LogP contribution in [0, 0.1) is 0 Å². The highest BCUT2D eigenvalue weighted by Gasteiger charge is 2.34. The molecule has 0 bridgehead atoms. The van der Waals surface area contributed by atoms with Gasteiger partial charge in [-0.1, -0.05) is 12.1 Å². The van der Waals surface area contributed by atoms with E-state index >= 15 is 0 Å². The summed E-state index contributed by atoms with van der Waals surface area (Å²) in [5.41, 5.74) is -0.881. The second-order valence-corrected chi connectivity index (χ2v) is 5.99. The van der Waals surface area contributed by atoms with Crippen molar-refractivity contribution in [1.29, 1.82) is 0 Å². The Hall–Kier alpha value is -1.51. The summed E-state index contributed by atoms with van der Waals surface area (Å²) in [7, 11) is 0. The van der Waals surface area contributed by atoms with Crippen LogP contribution >= 0.6 is 12.4 Å². The summed E-state index contributed by atoms with van der Waals surface area (Å²) in [6.07, 6.45) is -4.73. The van der Waals surface area contributed by atoms with E-state index in [-0.39, 0.29) is 18.2 Å². The zero-order chi connectivity index (χ0) is 18.3. The molecule has 1 aliphatic heterocycles. The minimum Gasteiger partial charge on any atom is -0.480 e. The minimum atomic E-state index is -4.52. The van der Waals surface area contributed by atoms with Crippen molar-refractivity contribution in [1.82, 2.24) is 15.5 Å². The molecule has 1 aliphatic rings. The molecule has 1 saturated heterocycles. The lowest BCUT2D eigenvalue weighted by atomic mass is 10.2. The first kappa shape index (κ1) is 22.5. The van der Waals surface area contributed by atoms with Crippen LogP contribution < -0.4 is 15.4 Å². The van der Waals surface area contributed by atoms with Crippen LogP contribution in [0.2, 0.25) is 0 Å². The van der Waals surface area contributed by atoms with E-state index in [1.54, 1.807) is 0 Å². The van der Waals surface area contributed by atoms with Crippen molar-refractivity contribution >= 4 is 18.3 Å². The highest BCUT2D eigenvalue weighted by molar-refractivity contribution is 5.85. The van der Waals surface area contributed by atoms with E-state index in [0.29, 0.717) is 6.54 Å². The third kappa shape index (κ3) is 7.01. The van der Waals surface area contributed by atoms with Crippen LogP contribution in [0.1, 0.15) is 18.9 Å². The van der Waals surface area contributed by atoms with Gasteiger partial charge in [0.2, 0.25) is 0 Å². The summed E-state index contributed by atoms with van der Waals surface area (Å²) in [5, 5.41) is 5.98. The average molecular weight is 396 g/mol. The van der Waals surface area contributed by atoms with E-state index in [1.807, 2.05) is 0 Å². The summed E-state index contributed by atoms with van der Waals surface area (Å²) in [6, 6.07) is 4.89. The number of alkyl halides is 3. The van der Waals surface area contributed by atoms with Crippen molar-refractivity contribution in [2.45, 2.75) is 25.6 Å². The molecular weight excluding hydrogens is 371 g/mol. The van der Waals surface area contributed by atoms with Gasteiger partial charge >= 0.3 is 6.18 Å². The van der Waals surface area contributed by atoms with Crippen molar-refractivity contribution in [3.63, 3.8) is 0 Å². The molecular formula is C17H25ClF3N3O2. The van der Waals surface area contributed by atoms with Crippen LogP contribution in [0.5, 0.6) is 5.75 Å². The number of halogens is 4. The molecule has 1 atom stereocenters. The lowest BCUT2D eigenvalue weighted by molar-refractivity contribution is -0.140. The minimum absolute atomic E-state index is 0. The summed E-state index contributed by atoms with van der Waals surface area (Å²) in [6.45, 7) is 6.71. The molecule has 26 heavy (non-hydrogen) atoms. The Balaban J connectivity index is 0.00000338. The van der Waals surface area contributed by atoms with Crippen LogP contribution in [-0.4, -0.2) is 56.2 Å². The predicted molar refractivity (Wildman–Crippen MR) is 95.7 cm³/mol. The molecule has 1 aromatic rings. The lowest BCUT2D eigenvalue weighted by Gasteiger charge is -2.27. The highest BCUT2D eigenvalue weighted by Crippen LogP contribution is 2.36. The molecule has 1 aromatic carbocycles. The smallest absolute Gasteiger partial charge is 0.419 e. The summed E-state index contributed by atoms with van der Waals surface area (Å²) >= 11 is 0. The van der Waals surface area contributed by atoms with Crippen LogP contribution in [-0.2, 0) is 11.0 Å². The molecule has 2 rings (SSSR count).